The first-order valence-corrected chi connectivity index (χ1v) is 9.50. The molecule has 0 spiro atoms. The quantitative estimate of drug-likeness (QED) is 0.295. The molecule has 0 saturated heterocycles. The maximum Gasteiger partial charge on any atom is 0.269 e. The van der Waals surface area contributed by atoms with Crippen LogP contribution in [0.1, 0.15) is 11.1 Å². The molecule has 0 aliphatic rings. The van der Waals surface area contributed by atoms with Crippen LogP contribution in [-0.2, 0) is 6.61 Å². The van der Waals surface area contributed by atoms with Gasteiger partial charge >= 0.3 is 0 Å². The highest BCUT2D eigenvalue weighted by Crippen LogP contribution is 2.33. The first kappa shape index (κ1) is 19.7. The number of nitro benzene ring substituents is 1. The lowest BCUT2D eigenvalue weighted by atomic mass is 10.1. The molecule has 6 nitrogen and oxygen atoms in total. The molecule has 0 unspecified atom stereocenters. The number of aryl methyl sites for hydroxylation is 1. The molecule has 0 radical (unpaired) electrons. The van der Waals surface area contributed by atoms with E-state index in [4.69, 9.17) is 20.8 Å². The van der Waals surface area contributed by atoms with E-state index in [2.05, 4.69) is 0 Å². The molecule has 0 aliphatic carbocycles. The van der Waals surface area contributed by atoms with Gasteiger partial charge in [0, 0.05) is 22.7 Å². The Morgan fingerprint density at radius 3 is 2.43 bits per heavy atom. The summed E-state index contributed by atoms with van der Waals surface area (Å²) in [4.78, 5) is 23.6. The number of fused-ring (bicyclic) bond motifs is 1. The van der Waals surface area contributed by atoms with Crippen molar-refractivity contribution < 1.29 is 14.1 Å². The standard InChI is InChI=1S/C23H16ClNO5/c1-14-11-20-18(12-19(14)24)21(26)23(22(30-20)16-5-3-2-4-6-16)29-13-15-7-9-17(10-8-15)25(27)28/h2-12H,13H2,1H3. The normalized spacial score (nSPS) is 10.9. The smallest absolute Gasteiger partial charge is 0.269 e. The number of hydrogen-bond donors (Lipinski definition) is 0. The van der Waals surface area contributed by atoms with E-state index < -0.39 is 4.92 Å². The third kappa shape index (κ3) is 3.77. The number of halogens is 1. The SMILES string of the molecule is Cc1cc2oc(-c3ccccc3)c(OCc3ccc([N+](=O)[O-])cc3)c(=O)c2cc1Cl. The van der Waals surface area contributed by atoms with Crippen LogP contribution < -0.4 is 10.2 Å². The number of benzene rings is 3. The van der Waals surface area contributed by atoms with Gasteiger partial charge < -0.3 is 9.15 Å². The third-order valence-corrected chi connectivity index (χ3v) is 5.10. The van der Waals surface area contributed by atoms with Gasteiger partial charge in [-0.25, -0.2) is 0 Å². The van der Waals surface area contributed by atoms with Gasteiger partial charge in [-0.05, 0) is 42.3 Å². The molecule has 30 heavy (non-hydrogen) atoms. The number of nitro groups is 1. The van der Waals surface area contributed by atoms with E-state index in [0.29, 0.717) is 32.9 Å². The fraction of sp³-hybridized carbons (Fsp3) is 0.0870. The summed E-state index contributed by atoms with van der Waals surface area (Å²) in [5, 5.41) is 11.6. The third-order valence-electron chi connectivity index (χ3n) is 4.70. The summed E-state index contributed by atoms with van der Waals surface area (Å²) in [6.45, 7) is 1.89. The lowest BCUT2D eigenvalue weighted by Gasteiger charge is -2.12. The highest BCUT2D eigenvalue weighted by Gasteiger charge is 2.19. The van der Waals surface area contributed by atoms with Crippen LogP contribution in [0.2, 0.25) is 5.02 Å². The van der Waals surface area contributed by atoms with Gasteiger partial charge in [0.25, 0.3) is 5.69 Å². The topological polar surface area (TPSA) is 82.6 Å². The zero-order chi connectivity index (χ0) is 21.3. The Hall–Kier alpha value is -3.64. The Bertz CT molecular complexity index is 1300. The maximum absolute atomic E-state index is 13.2. The van der Waals surface area contributed by atoms with Crippen LogP contribution in [0.3, 0.4) is 0 Å². The van der Waals surface area contributed by atoms with Crippen LogP contribution in [0, 0.1) is 17.0 Å². The summed E-state index contributed by atoms with van der Waals surface area (Å²) in [6, 6.07) is 18.5. The van der Waals surface area contributed by atoms with Gasteiger partial charge in [-0.3, -0.25) is 14.9 Å². The van der Waals surface area contributed by atoms with Crippen LogP contribution in [0.5, 0.6) is 5.75 Å². The Morgan fingerprint density at radius 2 is 1.77 bits per heavy atom. The largest absolute Gasteiger partial charge is 0.481 e. The van der Waals surface area contributed by atoms with Crippen molar-refractivity contribution in [1.82, 2.24) is 0 Å². The first-order chi connectivity index (χ1) is 14.4. The minimum absolute atomic E-state index is 0.0149. The minimum Gasteiger partial charge on any atom is -0.481 e. The Balaban J connectivity index is 1.80. The van der Waals surface area contributed by atoms with Crippen molar-refractivity contribution in [2.75, 3.05) is 0 Å². The van der Waals surface area contributed by atoms with Crippen LogP contribution in [-0.4, -0.2) is 4.92 Å². The molecular weight excluding hydrogens is 406 g/mol. The molecule has 0 amide bonds. The highest BCUT2D eigenvalue weighted by molar-refractivity contribution is 6.32. The second-order valence-electron chi connectivity index (χ2n) is 6.77. The van der Waals surface area contributed by atoms with Crippen LogP contribution in [0.15, 0.2) is 75.9 Å². The number of ether oxygens (including phenoxy) is 1. The molecule has 1 aromatic heterocycles. The summed E-state index contributed by atoms with van der Waals surface area (Å²) in [5.41, 5.74) is 2.25. The molecule has 1 heterocycles. The van der Waals surface area contributed by atoms with Gasteiger partial charge in [0.2, 0.25) is 11.2 Å². The Morgan fingerprint density at radius 1 is 1.07 bits per heavy atom. The molecule has 3 aromatic carbocycles. The summed E-state index contributed by atoms with van der Waals surface area (Å²) in [7, 11) is 0. The van der Waals surface area contributed by atoms with Gasteiger partial charge in [-0.1, -0.05) is 41.9 Å². The van der Waals surface area contributed by atoms with Crippen molar-refractivity contribution in [3.8, 4) is 17.1 Å². The van der Waals surface area contributed by atoms with Gasteiger partial charge in [-0.2, -0.15) is 0 Å². The molecular formula is C23H16ClNO5. The predicted molar refractivity (Wildman–Crippen MR) is 115 cm³/mol. The van der Waals surface area contributed by atoms with Crippen LogP contribution in [0.25, 0.3) is 22.3 Å². The van der Waals surface area contributed by atoms with E-state index >= 15 is 0 Å². The van der Waals surface area contributed by atoms with E-state index in [9.17, 15) is 14.9 Å². The van der Waals surface area contributed by atoms with Gasteiger partial charge in [-0.15, -0.1) is 0 Å². The van der Waals surface area contributed by atoms with Crippen molar-refractivity contribution >= 4 is 28.3 Å². The molecule has 4 rings (SSSR count). The van der Waals surface area contributed by atoms with Gasteiger partial charge in [0.15, 0.2) is 5.76 Å². The molecule has 0 saturated carbocycles. The summed E-state index contributed by atoms with van der Waals surface area (Å²) >= 11 is 6.21. The van der Waals surface area contributed by atoms with Crippen molar-refractivity contribution in [3.63, 3.8) is 0 Å². The van der Waals surface area contributed by atoms with Gasteiger partial charge in [0.1, 0.15) is 12.2 Å². The van der Waals surface area contributed by atoms with Crippen molar-refractivity contribution in [1.29, 1.82) is 0 Å². The number of hydrogen-bond acceptors (Lipinski definition) is 5. The van der Waals surface area contributed by atoms with Crippen molar-refractivity contribution in [3.05, 3.63) is 103 Å². The molecule has 0 fully saturated rings. The lowest BCUT2D eigenvalue weighted by molar-refractivity contribution is -0.384. The number of nitrogens with zero attached hydrogens (tertiary/aromatic N) is 1. The summed E-state index contributed by atoms with van der Waals surface area (Å²) < 4.78 is 11.9. The average Bonchev–Trinajstić information content (AvgIpc) is 2.75. The zero-order valence-corrected chi connectivity index (χ0v) is 16.7. The predicted octanol–water partition coefficient (Wildman–Crippen LogP) is 5.91. The Kier molecular flexibility index (Phi) is 5.25. The van der Waals surface area contributed by atoms with E-state index in [-0.39, 0.29) is 23.5 Å². The Labute approximate surface area is 176 Å². The summed E-state index contributed by atoms with van der Waals surface area (Å²) in [6.07, 6.45) is 0. The molecule has 150 valence electrons. The van der Waals surface area contributed by atoms with Crippen molar-refractivity contribution in [2.24, 2.45) is 0 Å². The number of non-ortho nitro benzene ring substituents is 1. The second-order valence-corrected chi connectivity index (χ2v) is 7.17. The molecule has 4 aromatic rings. The fourth-order valence-corrected chi connectivity index (χ4v) is 3.24. The van der Waals surface area contributed by atoms with Crippen LogP contribution >= 0.6 is 11.6 Å². The molecule has 0 atom stereocenters. The minimum atomic E-state index is -0.470. The second kappa shape index (κ2) is 8.00. The maximum atomic E-state index is 13.2. The molecule has 0 bridgehead atoms. The molecule has 0 aliphatic heterocycles. The van der Waals surface area contributed by atoms with Crippen molar-refractivity contribution in [2.45, 2.75) is 13.5 Å². The monoisotopic (exact) mass is 421 g/mol. The fourth-order valence-electron chi connectivity index (χ4n) is 3.08. The number of rotatable bonds is 5. The van der Waals surface area contributed by atoms with E-state index in [1.807, 2.05) is 37.3 Å². The van der Waals surface area contributed by atoms with Crippen LogP contribution in [0.4, 0.5) is 5.69 Å². The molecule has 7 heteroatoms. The zero-order valence-electron chi connectivity index (χ0n) is 15.9. The highest BCUT2D eigenvalue weighted by atomic mass is 35.5. The first-order valence-electron chi connectivity index (χ1n) is 9.12. The molecule has 0 N–H and O–H groups in total. The van der Waals surface area contributed by atoms with E-state index in [1.165, 1.54) is 12.1 Å². The summed E-state index contributed by atoms with van der Waals surface area (Å²) in [5.74, 6) is 0.378. The lowest BCUT2D eigenvalue weighted by Crippen LogP contribution is -2.10. The van der Waals surface area contributed by atoms with Gasteiger partial charge in [0.05, 0.1) is 10.3 Å². The van der Waals surface area contributed by atoms with E-state index in [1.54, 1.807) is 24.3 Å². The average molecular weight is 422 g/mol. The van der Waals surface area contributed by atoms with E-state index in [0.717, 1.165) is 5.56 Å².